The van der Waals surface area contributed by atoms with E-state index in [0.717, 1.165) is 12.8 Å². The number of nitrogens with zero attached hydrogens (tertiary/aromatic N) is 2. The van der Waals surface area contributed by atoms with E-state index in [1.807, 2.05) is 0 Å². The Bertz CT molecular complexity index is 301. The van der Waals surface area contributed by atoms with Crippen molar-refractivity contribution < 1.29 is 14.3 Å². The Hall–Kier alpha value is -1.04. The zero-order valence-corrected chi connectivity index (χ0v) is 8.54. The lowest BCUT2D eigenvalue weighted by molar-refractivity contribution is -0.137. The molecule has 0 saturated heterocycles. The van der Waals surface area contributed by atoms with Crippen molar-refractivity contribution >= 4 is 18.6 Å². The molecule has 0 aliphatic carbocycles. The van der Waals surface area contributed by atoms with Gasteiger partial charge in [-0.1, -0.05) is 19.0 Å². The summed E-state index contributed by atoms with van der Waals surface area (Å²) in [6.45, 7) is 0. The SMILES string of the molecule is O=C(O)CCCCCc1nnc(S)o1. The molecule has 1 heterocycles. The summed E-state index contributed by atoms with van der Waals surface area (Å²) >= 11 is 3.88. The number of thiol groups is 1. The van der Waals surface area contributed by atoms with Gasteiger partial charge in [0.25, 0.3) is 5.22 Å². The fraction of sp³-hybridized carbons (Fsp3) is 0.625. The van der Waals surface area contributed by atoms with E-state index in [1.54, 1.807) is 0 Å². The molecule has 0 aliphatic rings. The first-order chi connectivity index (χ1) is 6.68. The Kier molecular flexibility index (Phi) is 4.45. The van der Waals surface area contributed by atoms with Crippen LogP contribution in [0.3, 0.4) is 0 Å². The molecule has 78 valence electrons. The molecule has 0 atom stereocenters. The minimum Gasteiger partial charge on any atom is -0.481 e. The van der Waals surface area contributed by atoms with Crippen LogP contribution in [0.2, 0.25) is 0 Å². The second-order valence-electron chi connectivity index (χ2n) is 2.93. The quantitative estimate of drug-likeness (QED) is 0.557. The van der Waals surface area contributed by atoms with Crippen molar-refractivity contribution in [3.8, 4) is 0 Å². The average Bonchev–Trinajstić information content (AvgIpc) is 2.50. The maximum Gasteiger partial charge on any atom is 0.303 e. The number of hydrogen-bond acceptors (Lipinski definition) is 5. The third kappa shape index (κ3) is 4.27. The van der Waals surface area contributed by atoms with E-state index in [9.17, 15) is 4.79 Å². The van der Waals surface area contributed by atoms with Gasteiger partial charge in [0.05, 0.1) is 0 Å². The van der Waals surface area contributed by atoms with Gasteiger partial charge in [0.1, 0.15) is 0 Å². The lowest BCUT2D eigenvalue weighted by Crippen LogP contribution is -1.94. The van der Waals surface area contributed by atoms with Crippen molar-refractivity contribution in [1.82, 2.24) is 10.2 Å². The number of hydrogen-bond donors (Lipinski definition) is 2. The van der Waals surface area contributed by atoms with Crippen LogP contribution in [0.5, 0.6) is 0 Å². The van der Waals surface area contributed by atoms with Gasteiger partial charge in [-0.3, -0.25) is 4.79 Å². The molecule has 1 rings (SSSR count). The summed E-state index contributed by atoms with van der Waals surface area (Å²) in [4.78, 5) is 10.2. The minimum absolute atomic E-state index is 0.224. The monoisotopic (exact) mass is 216 g/mol. The van der Waals surface area contributed by atoms with E-state index >= 15 is 0 Å². The third-order valence-corrected chi connectivity index (χ3v) is 1.92. The molecule has 0 bridgehead atoms. The summed E-state index contributed by atoms with van der Waals surface area (Å²) in [5.74, 6) is -0.189. The number of carboxylic acids is 1. The fourth-order valence-corrected chi connectivity index (χ4v) is 1.23. The van der Waals surface area contributed by atoms with Gasteiger partial charge in [0.15, 0.2) is 0 Å². The number of aliphatic carboxylic acids is 1. The number of unbranched alkanes of at least 4 members (excludes halogenated alkanes) is 2. The van der Waals surface area contributed by atoms with Crippen LogP contribution in [-0.4, -0.2) is 21.3 Å². The van der Waals surface area contributed by atoms with Crippen LogP contribution in [0.25, 0.3) is 0 Å². The number of rotatable bonds is 6. The molecule has 1 aromatic rings. The van der Waals surface area contributed by atoms with E-state index in [4.69, 9.17) is 9.52 Å². The Labute approximate surface area is 86.9 Å². The Morgan fingerprint density at radius 3 is 2.71 bits per heavy atom. The van der Waals surface area contributed by atoms with Crippen LogP contribution in [0.15, 0.2) is 9.64 Å². The fourth-order valence-electron chi connectivity index (χ4n) is 1.07. The molecule has 0 saturated carbocycles. The molecule has 0 aliphatic heterocycles. The second-order valence-corrected chi connectivity index (χ2v) is 3.32. The minimum atomic E-state index is -0.750. The van der Waals surface area contributed by atoms with Gasteiger partial charge in [-0.25, -0.2) is 0 Å². The first-order valence-electron chi connectivity index (χ1n) is 4.41. The maximum absolute atomic E-state index is 10.2. The summed E-state index contributed by atoms with van der Waals surface area (Å²) in [5.41, 5.74) is 0. The molecule has 0 unspecified atom stereocenters. The molecular weight excluding hydrogens is 204 g/mol. The van der Waals surface area contributed by atoms with E-state index in [1.165, 1.54) is 0 Å². The van der Waals surface area contributed by atoms with E-state index in [2.05, 4.69) is 22.8 Å². The summed E-state index contributed by atoms with van der Waals surface area (Å²) in [7, 11) is 0. The summed E-state index contributed by atoms with van der Waals surface area (Å²) < 4.78 is 5.04. The van der Waals surface area contributed by atoms with Crippen molar-refractivity contribution in [2.75, 3.05) is 0 Å². The Morgan fingerprint density at radius 2 is 2.14 bits per heavy atom. The predicted octanol–water partition coefficient (Wildman–Crippen LogP) is 1.55. The average molecular weight is 216 g/mol. The molecule has 0 amide bonds. The van der Waals surface area contributed by atoms with E-state index in [0.29, 0.717) is 18.7 Å². The van der Waals surface area contributed by atoms with Gasteiger partial charge >= 0.3 is 5.97 Å². The van der Waals surface area contributed by atoms with Crippen LogP contribution < -0.4 is 0 Å². The smallest absolute Gasteiger partial charge is 0.303 e. The molecule has 1 N–H and O–H groups in total. The highest BCUT2D eigenvalue weighted by atomic mass is 32.1. The summed E-state index contributed by atoms with van der Waals surface area (Å²) in [6, 6.07) is 0. The number of aryl methyl sites for hydroxylation is 1. The van der Waals surface area contributed by atoms with Gasteiger partial charge in [-0.05, 0) is 12.8 Å². The lowest BCUT2D eigenvalue weighted by atomic mass is 10.1. The molecule has 0 aromatic carbocycles. The van der Waals surface area contributed by atoms with Crippen molar-refractivity contribution in [2.24, 2.45) is 0 Å². The van der Waals surface area contributed by atoms with Crippen molar-refractivity contribution in [2.45, 2.75) is 37.3 Å². The van der Waals surface area contributed by atoms with Crippen molar-refractivity contribution in [3.63, 3.8) is 0 Å². The normalized spacial score (nSPS) is 10.4. The summed E-state index contributed by atoms with van der Waals surface area (Å²) in [5, 5.41) is 16.0. The highest BCUT2D eigenvalue weighted by Crippen LogP contribution is 2.08. The first-order valence-corrected chi connectivity index (χ1v) is 4.86. The second kappa shape index (κ2) is 5.64. The highest BCUT2D eigenvalue weighted by molar-refractivity contribution is 7.80. The molecule has 0 spiro atoms. The third-order valence-electron chi connectivity index (χ3n) is 1.74. The molecule has 1 aromatic heterocycles. The molecule has 6 heteroatoms. The maximum atomic E-state index is 10.2. The zero-order chi connectivity index (χ0) is 10.4. The summed E-state index contributed by atoms with van der Waals surface area (Å²) in [6.07, 6.45) is 3.32. The van der Waals surface area contributed by atoms with Crippen LogP contribution in [0.4, 0.5) is 0 Å². The van der Waals surface area contributed by atoms with Crippen molar-refractivity contribution in [3.05, 3.63) is 5.89 Å². The van der Waals surface area contributed by atoms with Crippen LogP contribution in [0, 0.1) is 0 Å². The zero-order valence-electron chi connectivity index (χ0n) is 7.64. The molecule has 0 radical (unpaired) electrons. The van der Waals surface area contributed by atoms with Gasteiger partial charge in [-0.15, -0.1) is 10.2 Å². The number of aromatic nitrogens is 2. The number of carboxylic acid groups (broad SMARTS) is 1. The lowest BCUT2D eigenvalue weighted by Gasteiger charge is -1.95. The molecule has 14 heavy (non-hydrogen) atoms. The Balaban J connectivity index is 2.07. The molecule has 5 nitrogen and oxygen atoms in total. The van der Waals surface area contributed by atoms with Gasteiger partial charge in [-0.2, -0.15) is 0 Å². The predicted molar refractivity (Wildman–Crippen MR) is 51.4 cm³/mol. The molecular formula is C8H12N2O3S. The Morgan fingerprint density at radius 1 is 1.36 bits per heavy atom. The van der Waals surface area contributed by atoms with Crippen molar-refractivity contribution in [1.29, 1.82) is 0 Å². The van der Waals surface area contributed by atoms with Gasteiger partial charge in [0.2, 0.25) is 5.89 Å². The van der Waals surface area contributed by atoms with E-state index < -0.39 is 5.97 Å². The standard InChI is InChI=1S/C8H12N2O3S/c11-7(12)5-3-1-2-4-6-9-10-8(14)13-6/h1-5H2,(H,10,14)(H,11,12). The van der Waals surface area contributed by atoms with Crippen LogP contribution >= 0.6 is 12.6 Å². The van der Waals surface area contributed by atoms with E-state index in [-0.39, 0.29) is 11.6 Å². The van der Waals surface area contributed by atoms with Gasteiger partial charge < -0.3 is 9.52 Å². The molecule has 0 fully saturated rings. The number of carbonyl (C=O) groups is 1. The van der Waals surface area contributed by atoms with Crippen LogP contribution in [-0.2, 0) is 11.2 Å². The first kappa shape index (κ1) is 11.0. The van der Waals surface area contributed by atoms with Crippen LogP contribution in [0.1, 0.15) is 31.6 Å². The highest BCUT2D eigenvalue weighted by Gasteiger charge is 2.02. The largest absolute Gasteiger partial charge is 0.481 e. The topological polar surface area (TPSA) is 76.2 Å². The van der Waals surface area contributed by atoms with Gasteiger partial charge in [0, 0.05) is 12.8 Å².